The van der Waals surface area contributed by atoms with E-state index in [-0.39, 0.29) is 0 Å². The van der Waals surface area contributed by atoms with Crippen molar-refractivity contribution in [2.75, 3.05) is 39.7 Å². The zero-order valence-corrected chi connectivity index (χ0v) is 17.2. The van der Waals surface area contributed by atoms with Crippen molar-refractivity contribution in [3.05, 3.63) is 25.3 Å². The molecule has 0 saturated carbocycles. The Morgan fingerprint density at radius 1 is 0.850 bits per heavy atom. The average Bonchev–Trinajstić information content (AvgIpc) is 2.41. The predicted molar refractivity (Wildman–Crippen MR) is 113 cm³/mol. The number of hydrogen-bond acceptors (Lipinski definition) is 6. The lowest BCUT2D eigenvalue weighted by Gasteiger charge is -2.15. The molecule has 0 fully saturated rings. The summed E-state index contributed by atoms with van der Waals surface area (Å²) in [5, 5.41) is 0. The molecule has 0 amide bonds. The number of thiocarbonyl (C=S) groups is 2. The van der Waals surface area contributed by atoms with Crippen LogP contribution in [0.5, 0.6) is 0 Å². The van der Waals surface area contributed by atoms with Gasteiger partial charge in [0.25, 0.3) is 0 Å². The van der Waals surface area contributed by atoms with Gasteiger partial charge in [0.15, 0.2) is 0 Å². The van der Waals surface area contributed by atoms with Gasteiger partial charge in [-0.05, 0) is 21.6 Å². The second-order valence-corrected chi connectivity index (χ2v) is 9.58. The van der Waals surface area contributed by atoms with Gasteiger partial charge in [0, 0.05) is 39.7 Å². The second-order valence-electron chi connectivity index (χ2n) is 3.63. The Labute approximate surface area is 150 Å². The molecule has 0 saturated heterocycles. The molecule has 0 aliphatic rings. The van der Waals surface area contributed by atoms with Crippen LogP contribution in [0.3, 0.4) is 0 Å². The SMILES string of the molecule is C=CCSSCC=C.CN(C)C(=S)SSC(=S)N(C)C. The highest BCUT2D eigenvalue weighted by molar-refractivity contribution is 8.89. The van der Waals surface area contributed by atoms with Crippen molar-refractivity contribution < 1.29 is 0 Å². The number of nitrogens with zero attached hydrogens (tertiary/aromatic N) is 2. The minimum atomic E-state index is 0.837. The summed E-state index contributed by atoms with van der Waals surface area (Å²) >= 11 is 10.1. The maximum absolute atomic E-state index is 5.07. The highest BCUT2D eigenvalue weighted by Crippen LogP contribution is 2.26. The molecule has 0 bridgehead atoms. The zero-order chi connectivity index (χ0) is 16.0. The van der Waals surface area contributed by atoms with Gasteiger partial charge < -0.3 is 9.80 Å². The lowest BCUT2D eigenvalue weighted by Crippen LogP contribution is -2.18. The van der Waals surface area contributed by atoms with Gasteiger partial charge in [0.05, 0.1) is 0 Å². The molecular formula is C12H22N2S6. The van der Waals surface area contributed by atoms with Crippen LogP contribution in [0.2, 0.25) is 0 Å². The van der Waals surface area contributed by atoms with E-state index in [1.165, 1.54) is 21.6 Å². The molecule has 0 radical (unpaired) electrons. The molecule has 8 heteroatoms. The van der Waals surface area contributed by atoms with Gasteiger partial charge in [0.2, 0.25) is 0 Å². The molecule has 116 valence electrons. The Kier molecular flexibility index (Phi) is 18.4. The Balaban J connectivity index is 0. The largest absolute Gasteiger partial charge is 0.363 e. The van der Waals surface area contributed by atoms with E-state index in [1.807, 2.05) is 50.1 Å². The van der Waals surface area contributed by atoms with Gasteiger partial charge in [-0.3, -0.25) is 0 Å². The van der Waals surface area contributed by atoms with Crippen LogP contribution in [0, 0.1) is 0 Å². The van der Waals surface area contributed by atoms with E-state index in [0.717, 1.165) is 20.1 Å². The maximum Gasteiger partial charge on any atom is 0.146 e. The second kappa shape index (κ2) is 16.0. The van der Waals surface area contributed by atoms with E-state index in [4.69, 9.17) is 24.4 Å². The third-order valence-corrected chi connectivity index (χ3v) is 7.76. The van der Waals surface area contributed by atoms with Crippen molar-refractivity contribution in [2.24, 2.45) is 0 Å². The van der Waals surface area contributed by atoms with Crippen LogP contribution < -0.4 is 0 Å². The lowest BCUT2D eigenvalue weighted by atomic mass is 10.8. The number of hydrogen-bond donors (Lipinski definition) is 0. The monoisotopic (exact) mass is 386 g/mol. The summed E-state index contributed by atoms with van der Waals surface area (Å²) in [4.78, 5) is 3.79. The highest BCUT2D eigenvalue weighted by Gasteiger charge is 2.04. The van der Waals surface area contributed by atoms with Crippen molar-refractivity contribution in [1.82, 2.24) is 9.80 Å². The normalized spacial score (nSPS) is 9.00. The van der Waals surface area contributed by atoms with E-state index < -0.39 is 0 Å². The Morgan fingerprint density at radius 2 is 1.15 bits per heavy atom. The molecule has 0 N–H and O–H groups in total. The fraction of sp³-hybridized carbons (Fsp3) is 0.500. The van der Waals surface area contributed by atoms with Crippen molar-refractivity contribution in [3.8, 4) is 0 Å². The molecule has 0 aliphatic carbocycles. The van der Waals surface area contributed by atoms with Crippen LogP contribution >= 0.6 is 67.6 Å². The molecular weight excluding hydrogens is 365 g/mol. The summed E-state index contributed by atoms with van der Waals surface area (Å²) in [6.07, 6.45) is 3.81. The van der Waals surface area contributed by atoms with E-state index in [0.29, 0.717) is 0 Å². The van der Waals surface area contributed by atoms with Gasteiger partial charge in [0.1, 0.15) is 8.64 Å². The molecule has 0 heterocycles. The molecule has 0 aromatic rings. The quantitative estimate of drug-likeness (QED) is 0.284. The topological polar surface area (TPSA) is 6.48 Å². The first-order valence-corrected chi connectivity index (χ1v) is 11.1. The first-order chi connectivity index (χ1) is 9.36. The number of rotatable bonds is 5. The minimum Gasteiger partial charge on any atom is -0.363 e. The summed E-state index contributed by atoms with van der Waals surface area (Å²) in [5.41, 5.74) is 0. The van der Waals surface area contributed by atoms with Gasteiger partial charge >= 0.3 is 0 Å². The van der Waals surface area contributed by atoms with Gasteiger partial charge in [-0.25, -0.2) is 0 Å². The Morgan fingerprint density at radius 3 is 1.35 bits per heavy atom. The minimum absolute atomic E-state index is 0.837. The fourth-order valence-corrected chi connectivity index (χ4v) is 4.33. The van der Waals surface area contributed by atoms with E-state index >= 15 is 0 Å². The smallest absolute Gasteiger partial charge is 0.146 e. The van der Waals surface area contributed by atoms with E-state index in [1.54, 1.807) is 21.6 Å². The first kappa shape index (κ1) is 22.9. The van der Waals surface area contributed by atoms with Gasteiger partial charge in [-0.15, -0.1) is 13.2 Å². The van der Waals surface area contributed by atoms with Crippen molar-refractivity contribution in [1.29, 1.82) is 0 Å². The predicted octanol–water partition coefficient (Wildman–Crippen LogP) is 4.80. The summed E-state index contributed by atoms with van der Waals surface area (Å²) in [6, 6.07) is 0. The summed E-state index contributed by atoms with van der Waals surface area (Å²) in [7, 11) is 14.3. The Bertz CT molecular complexity index is 274. The molecule has 0 rings (SSSR count). The van der Waals surface area contributed by atoms with Crippen molar-refractivity contribution in [3.63, 3.8) is 0 Å². The van der Waals surface area contributed by atoms with E-state index in [9.17, 15) is 0 Å². The van der Waals surface area contributed by atoms with Crippen LogP contribution in [0.1, 0.15) is 0 Å². The molecule has 2 nitrogen and oxygen atoms in total. The van der Waals surface area contributed by atoms with Gasteiger partial charge in [-0.2, -0.15) is 0 Å². The van der Waals surface area contributed by atoms with E-state index in [2.05, 4.69) is 13.2 Å². The highest BCUT2D eigenvalue weighted by atomic mass is 33.1. The van der Waals surface area contributed by atoms with Crippen LogP contribution in [-0.4, -0.2) is 58.1 Å². The summed E-state index contributed by atoms with van der Waals surface area (Å²) in [6.45, 7) is 7.20. The average molecular weight is 387 g/mol. The molecule has 0 spiro atoms. The summed E-state index contributed by atoms with van der Waals surface area (Å²) < 4.78 is 1.67. The van der Waals surface area contributed by atoms with Crippen LogP contribution in [0.25, 0.3) is 0 Å². The van der Waals surface area contributed by atoms with Crippen molar-refractivity contribution in [2.45, 2.75) is 0 Å². The van der Waals surface area contributed by atoms with Gasteiger partial charge in [-0.1, -0.05) is 58.2 Å². The third-order valence-electron chi connectivity index (χ3n) is 1.37. The molecule has 0 aliphatic heterocycles. The maximum atomic E-state index is 5.07. The fourth-order valence-electron chi connectivity index (χ4n) is 0.413. The molecule has 0 aromatic heterocycles. The standard InChI is InChI=1S/C6H12N2S4.C6H10S2/c1-7(2)5(9)11-12-6(10)8(3)4;1-3-5-7-8-6-4-2/h1-4H3;3-4H,1-2,5-6H2. The zero-order valence-electron chi connectivity index (χ0n) is 12.3. The molecule has 20 heavy (non-hydrogen) atoms. The van der Waals surface area contributed by atoms with Crippen LogP contribution in [0.15, 0.2) is 25.3 Å². The molecule has 0 unspecified atom stereocenters. The molecule has 0 atom stereocenters. The van der Waals surface area contributed by atoms with Crippen molar-refractivity contribution >= 4 is 76.3 Å². The summed E-state index contributed by atoms with van der Waals surface area (Å²) in [5.74, 6) is 2.05. The van der Waals surface area contributed by atoms with Crippen LogP contribution in [-0.2, 0) is 0 Å². The Hall–Kier alpha value is 0.660. The lowest BCUT2D eigenvalue weighted by molar-refractivity contribution is 0.647. The third kappa shape index (κ3) is 16.7. The van der Waals surface area contributed by atoms with Crippen LogP contribution in [0.4, 0.5) is 0 Å². The first-order valence-electron chi connectivity index (χ1n) is 5.60. The molecule has 0 aromatic carbocycles.